The van der Waals surface area contributed by atoms with Crippen LogP contribution in [-0.4, -0.2) is 27.9 Å². The molecular formula is C21H22N4O2. The maximum absolute atomic E-state index is 12.6. The SMILES string of the molecule is CCc1nc2ccccc2n1CC(=O)Nc1cccc(N2CCCC2=O)c1. The van der Waals surface area contributed by atoms with Crippen molar-refractivity contribution in [3.63, 3.8) is 0 Å². The van der Waals surface area contributed by atoms with E-state index in [0.717, 1.165) is 41.9 Å². The van der Waals surface area contributed by atoms with E-state index in [2.05, 4.69) is 10.3 Å². The molecule has 0 aliphatic carbocycles. The Morgan fingerprint density at radius 1 is 1.19 bits per heavy atom. The molecule has 6 heteroatoms. The maximum atomic E-state index is 12.6. The highest BCUT2D eigenvalue weighted by atomic mass is 16.2. The van der Waals surface area contributed by atoms with E-state index in [0.29, 0.717) is 12.1 Å². The van der Waals surface area contributed by atoms with Crippen molar-refractivity contribution in [3.8, 4) is 0 Å². The zero-order chi connectivity index (χ0) is 18.8. The lowest BCUT2D eigenvalue weighted by molar-refractivity contribution is -0.117. The Morgan fingerprint density at radius 3 is 2.81 bits per heavy atom. The highest BCUT2D eigenvalue weighted by Crippen LogP contribution is 2.24. The summed E-state index contributed by atoms with van der Waals surface area (Å²) in [6.07, 6.45) is 2.22. The first kappa shape index (κ1) is 17.3. The van der Waals surface area contributed by atoms with Crippen LogP contribution in [0.1, 0.15) is 25.6 Å². The summed E-state index contributed by atoms with van der Waals surface area (Å²) in [6, 6.07) is 15.3. The number of aryl methyl sites for hydroxylation is 1. The molecule has 1 saturated heterocycles. The molecule has 0 unspecified atom stereocenters. The second-order valence-corrected chi connectivity index (χ2v) is 6.70. The molecule has 0 radical (unpaired) electrons. The van der Waals surface area contributed by atoms with E-state index in [1.54, 1.807) is 4.90 Å². The van der Waals surface area contributed by atoms with Crippen molar-refractivity contribution in [3.05, 3.63) is 54.4 Å². The number of para-hydroxylation sites is 2. The van der Waals surface area contributed by atoms with Crippen molar-refractivity contribution in [2.24, 2.45) is 0 Å². The highest BCUT2D eigenvalue weighted by Gasteiger charge is 2.22. The molecule has 1 N–H and O–H groups in total. The van der Waals surface area contributed by atoms with Crippen LogP contribution in [-0.2, 0) is 22.6 Å². The molecule has 1 aliphatic heterocycles. The van der Waals surface area contributed by atoms with Crippen LogP contribution < -0.4 is 10.2 Å². The molecule has 2 heterocycles. The van der Waals surface area contributed by atoms with E-state index in [1.165, 1.54) is 0 Å². The highest BCUT2D eigenvalue weighted by molar-refractivity contribution is 5.97. The molecule has 0 spiro atoms. The summed E-state index contributed by atoms with van der Waals surface area (Å²) in [6.45, 7) is 2.97. The number of nitrogens with zero attached hydrogens (tertiary/aromatic N) is 3. The van der Waals surface area contributed by atoms with Crippen LogP contribution >= 0.6 is 0 Å². The maximum Gasteiger partial charge on any atom is 0.244 e. The lowest BCUT2D eigenvalue weighted by Crippen LogP contribution is -2.24. The van der Waals surface area contributed by atoms with Gasteiger partial charge >= 0.3 is 0 Å². The van der Waals surface area contributed by atoms with Gasteiger partial charge in [-0.25, -0.2) is 4.98 Å². The van der Waals surface area contributed by atoms with E-state index in [9.17, 15) is 9.59 Å². The third-order valence-corrected chi connectivity index (χ3v) is 4.87. The lowest BCUT2D eigenvalue weighted by atomic mass is 10.2. The predicted octanol–water partition coefficient (Wildman–Crippen LogP) is 3.36. The minimum absolute atomic E-state index is 0.113. The van der Waals surface area contributed by atoms with Crippen molar-refractivity contribution < 1.29 is 9.59 Å². The number of nitrogens with one attached hydrogen (secondary N) is 1. The standard InChI is InChI=1S/C21H22N4O2/c1-2-19-23-17-9-3-4-10-18(17)25(19)14-20(26)22-15-7-5-8-16(13-15)24-12-6-11-21(24)27/h3-5,7-10,13H,2,6,11-12,14H2,1H3,(H,22,26). The quantitative estimate of drug-likeness (QED) is 0.757. The van der Waals surface area contributed by atoms with Crippen molar-refractivity contribution in [2.75, 3.05) is 16.8 Å². The molecule has 1 aromatic heterocycles. The van der Waals surface area contributed by atoms with Gasteiger partial charge < -0.3 is 14.8 Å². The average Bonchev–Trinajstić information content (AvgIpc) is 3.25. The monoisotopic (exact) mass is 362 g/mol. The van der Waals surface area contributed by atoms with E-state index in [-0.39, 0.29) is 18.4 Å². The fraction of sp³-hybridized carbons (Fsp3) is 0.286. The molecule has 4 rings (SSSR count). The summed E-state index contributed by atoms with van der Waals surface area (Å²) in [5.74, 6) is 0.913. The molecule has 2 aromatic carbocycles. The minimum atomic E-state index is -0.113. The first-order valence-corrected chi connectivity index (χ1v) is 9.30. The fourth-order valence-electron chi connectivity index (χ4n) is 3.59. The van der Waals surface area contributed by atoms with Crippen LogP contribution in [0.25, 0.3) is 11.0 Å². The van der Waals surface area contributed by atoms with E-state index >= 15 is 0 Å². The average molecular weight is 362 g/mol. The Morgan fingerprint density at radius 2 is 2.04 bits per heavy atom. The minimum Gasteiger partial charge on any atom is -0.324 e. The number of hydrogen-bond acceptors (Lipinski definition) is 3. The number of anilines is 2. The lowest BCUT2D eigenvalue weighted by Gasteiger charge is -2.17. The Bertz CT molecular complexity index is 1010. The number of rotatable bonds is 5. The number of aromatic nitrogens is 2. The first-order chi connectivity index (χ1) is 13.2. The Kier molecular flexibility index (Phi) is 4.62. The molecule has 0 atom stereocenters. The number of hydrogen-bond donors (Lipinski definition) is 1. The predicted molar refractivity (Wildman–Crippen MR) is 106 cm³/mol. The zero-order valence-electron chi connectivity index (χ0n) is 15.3. The molecule has 2 amide bonds. The van der Waals surface area contributed by atoms with Gasteiger partial charge in [-0.2, -0.15) is 0 Å². The Labute approximate surface area is 157 Å². The number of imidazole rings is 1. The fourth-order valence-corrected chi connectivity index (χ4v) is 3.59. The normalized spacial score (nSPS) is 14.1. The van der Waals surface area contributed by atoms with Crippen molar-refractivity contribution in [1.29, 1.82) is 0 Å². The van der Waals surface area contributed by atoms with Gasteiger partial charge in [0.05, 0.1) is 11.0 Å². The molecule has 0 saturated carbocycles. The third-order valence-electron chi connectivity index (χ3n) is 4.87. The molecule has 27 heavy (non-hydrogen) atoms. The van der Waals surface area contributed by atoms with Crippen molar-refractivity contribution >= 4 is 34.2 Å². The van der Waals surface area contributed by atoms with Gasteiger partial charge in [-0.15, -0.1) is 0 Å². The van der Waals surface area contributed by atoms with Gasteiger partial charge in [0.1, 0.15) is 12.4 Å². The Hall–Kier alpha value is -3.15. The molecule has 1 aliphatic rings. The van der Waals surface area contributed by atoms with Crippen LogP contribution in [0.15, 0.2) is 48.5 Å². The van der Waals surface area contributed by atoms with Crippen LogP contribution in [0.2, 0.25) is 0 Å². The smallest absolute Gasteiger partial charge is 0.244 e. The Balaban J connectivity index is 1.53. The number of carbonyl (C=O) groups is 2. The summed E-state index contributed by atoms with van der Waals surface area (Å²) in [4.78, 5) is 31.0. The number of fused-ring (bicyclic) bond motifs is 1. The van der Waals surface area contributed by atoms with E-state index in [4.69, 9.17) is 0 Å². The van der Waals surface area contributed by atoms with Crippen LogP contribution in [0.3, 0.4) is 0 Å². The largest absolute Gasteiger partial charge is 0.324 e. The second kappa shape index (κ2) is 7.23. The summed E-state index contributed by atoms with van der Waals surface area (Å²) in [7, 11) is 0. The topological polar surface area (TPSA) is 67.2 Å². The summed E-state index contributed by atoms with van der Waals surface area (Å²) in [5.41, 5.74) is 3.38. The van der Waals surface area contributed by atoms with Gasteiger partial charge in [0.25, 0.3) is 0 Å². The number of benzene rings is 2. The van der Waals surface area contributed by atoms with Gasteiger partial charge in [0, 0.05) is 30.8 Å². The summed E-state index contributed by atoms with van der Waals surface area (Å²) >= 11 is 0. The zero-order valence-corrected chi connectivity index (χ0v) is 15.3. The molecule has 0 bridgehead atoms. The third kappa shape index (κ3) is 3.43. The van der Waals surface area contributed by atoms with Gasteiger partial charge in [-0.3, -0.25) is 9.59 Å². The molecule has 6 nitrogen and oxygen atoms in total. The van der Waals surface area contributed by atoms with Crippen LogP contribution in [0.4, 0.5) is 11.4 Å². The van der Waals surface area contributed by atoms with Crippen LogP contribution in [0, 0.1) is 0 Å². The molecule has 138 valence electrons. The van der Waals surface area contributed by atoms with Gasteiger partial charge in [-0.1, -0.05) is 25.1 Å². The summed E-state index contributed by atoms with van der Waals surface area (Å²) in [5, 5.41) is 2.95. The van der Waals surface area contributed by atoms with Gasteiger partial charge in [-0.05, 0) is 36.8 Å². The second-order valence-electron chi connectivity index (χ2n) is 6.70. The summed E-state index contributed by atoms with van der Waals surface area (Å²) < 4.78 is 1.96. The number of carbonyl (C=O) groups excluding carboxylic acids is 2. The van der Waals surface area contributed by atoms with Crippen LogP contribution in [0.5, 0.6) is 0 Å². The number of amides is 2. The van der Waals surface area contributed by atoms with E-state index in [1.807, 2.05) is 60.0 Å². The molecule has 1 fully saturated rings. The first-order valence-electron chi connectivity index (χ1n) is 9.30. The molecule has 3 aromatic rings. The van der Waals surface area contributed by atoms with Gasteiger partial charge in [0.15, 0.2) is 0 Å². The molecular weight excluding hydrogens is 340 g/mol. The van der Waals surface area contributed by atoms with Crippen molar-refractivity contribution in [2.45, 2.75) is 32.7 Å². The van der Waals surface area contributed by atoms with Crippen molar-refractivity contribution in [1.82, 2.24) is 9.55 Å². The van der Waals surface area contributed by atoms with E-state index < -0.39 is 0 Å². The van der Waals surface area contributed by atoms with Gasteiger partial charge in [0.2, 0.25) is 11.8 Å².